The molecule has 2 nitrogen and oxygen atoms in total. The number of nitrogens with zero attached hydrogens (tertiary/aromatic N) is 1. The first-order valence-electron chi connectivity index (χ1n) is 21.0. The van der Waals surface area contributed by atoms with E-state index in [2.05, 4.69) is 241 Å². The molecule has 0 spiro atoms. The van der Waals surface area contributed by atoms with Gasteiger partial charge in [-0.15, -0.1) is 0 Å². The van der Waals surface area contributed by atoms with Crippen molar-refractivity contribution in [2.24, 2.45) is 0 Å². The first kappa shape index (κ1) is 35.0. The number of para-hydroxylation sites is 2. The third-order valence-corrected chi connectivity index (χ3v) is 12.7. The maximum absolute atomic E-state index is 7.30. The number of anilines is 3. The minimum Gasteiger partial charge on any atom is -0.453 e. The van der Waals surface area contributed by atoms with Gasteiger partial charge in [-0.25, -0.2) is 0 Å². The zero-order valence-corrected chi connectivity index (χ0v) is 33.4. The van der Waals surface area contributed by atoms with Crippen molar-refractivity contribution < 1.29 is 4.42 Å². The predicted molar refractivity (Wildman–Crippen MR) is 254 cm³/mol. The van der Waals surface area contributed by atoms with Gasteiger partial charge in [-0.05, 0) is 97.2 Å². The average Bonchev–Trinajstić information content (AvgIpc) is 3.86. The molecule has 1 aliphatic rings. The summed E-state index contributed by atoms with van der Waals surface area (Å²) in [5.74, 6) is 0. The van der Waals surface area contributed by atoms with Gasteiger partial charge in [0.05, 0.1) is 11.1 Å². The fraction of sp³-hybridized carbons (Fsp3) is 0.0169. The van der Waals surface area contributed by atoms with Crippen molar-refractivity contribution in [1.82, 2.24) is 0 Å². The summed E-state index contributed by atoms with van der Waals surface area (Å²) in [7, 11) is 0. The second kappa shape index (κ2) is 14.1. The summed E-state index contributed by atoms with van der Waals surface area (Å²) in [6.45, 7) is 0. The van der Waals surface area contributed by atoms with Gasteiger partial charge in [-0.2, -0.15) is 0 Å². The average molecular weight is 778 g/mol. The van der Waals surface area contributed by atoms with E-state index in [1.54, 1.807) is 0 Å². The normalized spacial score (nSPS) is 12.7. The van der Waals surface area contributed by atoms with E-state index in [0.29, 0.717) is 0 Å². The van der Waals surface area contributed by atoms with E-state index in [1.165, 1.54) is 55.3 Å². The highest BCUT2D eigenvalue weighted by Gasteiger charge is 2.46. The minimum absolute atomic E-state index is 0.525. The summed E-state index contributed by atoms with van der Waals surface area (Å²) < 4.78 is 7.30. The van der Waals surface area contributed by atoms with Gasteiger partial charge in [-0.1, -0.05) is 200 Å². The molecule has 0 fully saturated rings. The molecule has 10 aromatic carbocycles. The summed E-state index contributed by atoms with van der Waals surface area (Å²) in [6.07, 6.45) is 0. The van der Waals surface area contributed by atoms with Crippen LogP contribution in [0.1, 0.15) is 22.3 Å². The second-order valence-corrected chi connectivity index (χ2v) is 16.0. The van der Waals surface area contributed by atoms with Crippen molar-refractivity contribution in [2.45, 2.75) is 5.41 Å². The summed E-state index contributed by atoms with van der Waals surface area (Å²) in [6, 6.07) is 85.7. The van der Waals surface area contributed by atoms with Gasteiger partial charge in [0.2, 0.25) is 0 Å². The van der Waals surface area contributed by atoms with Gasteiger partial charge in [0.1, 0.15) is 5.58 Å². The molecule has 1 aromatic heterocycles. The molecule has 0 saturated carbocycles. The molecule has 0 N–H and O–H groups in total. The molecule has 0 radical (unpaired) electrons. The van der Waals surface area contributed by atoms with Crippen LogP contribution in [0.2, 0.25) is 0 Å². The molecule has 1 aliphatic carbocycles. The first-order valence-corrected chi connectivity index (χ1v) is 21.0. The van der Waals surface area contributed by atoms with Crippen LogP contribution in [0.3, 0.4) is 0 Å². The highest BCUT2D eigenvalue weighted by atomic mass is 16.3. The Morgan fingerprint density at radius 3 is 1.66 bits per heavy atom. The monoisotopic (exact) mass is 777 g/mol. The van der Waals surface area contributed by atoms with E-state index in [4.69, 9.17) is 4.42 Å². The highest BCUT2D eigenvalue weighted by Crippen LogP contribution is 2.57. The van der Waals surface area contributed by atoms with Crippen molar-refractivity contribution in [1.29, 1.82) is 0 Å². The van der Waals surface area contributed by atoms with Crippen LogP contribution in [-0.4, -0.2) is 0 Å². The Hall–Kier alpha value is -7.94. The van der Waals surface area contributed by atoms with E-state index >= 15 is 0 Å². The Labute approximate surface area is 355 Å². The molecular weight excluding hydrogens is 739 g/mol. The SMILES string of the molecule is c1ccc(-c2ccc(-c3c4ccccc4cc4c3oc3c(N(c5ccccc5)c5ccc6c(c5)C(c5ccccc5)(c5ccccc5)c5ccccc5-6)cccc34)cc2)cc1. The van der Waals surface area contributed by atoms with E-state index < -0.39 is 5.41 Å². The van der Waals surface area contributed by atoms with E-state index in [1.807, 2.05) is 0 Å². The lowest BCUT2D eigenvalue weighted by Crippen LogP contribution is -2.28. The quantitative estimate of drug-likeness (QED) is 0.160. The molecule has 0 unspecified atom stereocenters. The molecule has 11 aromatic rings. The van der Waals surface area contributed by atoms with Crippen LogP contribution in [-0.2, 0) is 5.41 Å². The van der Waals surface area contributed by atoms with Gasteiger partial charge in [0.15, 0.2) is 5.58 Å². The molecule has 0 aliphatic heterocycles. The van der Waals surface area contributed by atoms with Gasteiger partial charge >= 0.3 is 0 Å². The zero-order valence-electron chi connectivity index (χ0n) is 33.4. The van der Waals surface area contributed by atoms with Gasteiger partial charge in [-0.3, -0.25) is 0 Å². The lowest BCUT2D eigenvalue weighted by molar-refractivity contribution is 0.670. The number of furan rings is 1. The Morgan fingerprint density at radius 1 is 0.344 bits per heavy atom. The molecule has 2 heteroatoms. The molecule has 0 amide bonds. The summed E-state index contributed by atoms with van der Waals surface area (Å²) >= 11 is 0. The summed E-state index contributed by atoms with van der Waals surface area (Å²) in [4.78, 5) is 2.38. The molecule has 1 heterocycles. The fourth-order valence-corrected chi connectivity index (χ4v) is 10.1. The Kier molecular flexibility index (Phi) is 8.11. The second-order valence-electron chi connectivity index (χ2n) is 16.0. The zero-order chi connectivity index (χ0) is 40.3. The van der Waals surface area contributed by atoms with Gasteiger partial charge in [0, 0.05) is 27.7 Å². The molecule has 12 rings (SSSR count). The number of hydrogen-bond acceptors (Lipinski definition) is 2. The molecule has 0 saturated heterocycles. The van der Waals surface area contributed by atoms with Crippen molar-refractivity contribution in [2.75, 3.05) is 4.90 Å². The number of hydrogen-bond donors (Lipinski definition) is 0. The van der Waals surface area contributed by atoms with Crippen molar-refractivity contribution in [3.63, 3.8) is 0 Å². The Balaban J connectivity index is 1.10. The van der Waals surface area contributed by atoms with Crippen molar-refractivity contribution in [3.05, 3.63) is 259 Å². The molecule has 0 bridgehead atoms. The highest BCUT2D eigenvalue weighted by molar-refractivity contribution is 6.20. The topological polar surface area (TPSA) is 16.4 Å². The van der Waals surface area contributed by atoms with Crippen LogP contribution >= 0.6 is 0 Å². The van der Waals surface area contributed by atoms with Crippen LogP contribution in [0.25, 0.3) is 66.1 Å². The summed E-state index contributed by atoms with van der Waals surface area (Å²) in [5, 5.41) is 4.53. The number of benzene rings is 10. The van der Waals surface area contributed by atoms with Gasteiger partial charge < -0.3 is 9.32 Å². The number of rotatable bonds is 7. The van der Waals surface area contributed by atoms with Crippen LogP contribution in [0.4, 0.5) is 17.1 Å². The van der Waals surface area contributed by atoms with E-state index in [-0.39, 0.29) is 0 Å². The van der Waals surface area contributed by atoms with E-state index in [0.717, 1.165) is 50.1 Å². The predicted octanol–water partition coefficient (Wildman–Crippen LogP) is 15.9. The summed E-state index contributed by atoms with van der Waals surface area (Å²) in [5.41, 5.74) is 16.5. The fourth-order valence-electron chi connectivity index (χ4n) is 10.1. The largest absolute Gasteiger partial charge is 0.453 e. The van der Waals surface area contributed by atoms with Crippen LogP contribution in [0, 0.1) is 0 Å². The van der Waals surface area contributed by atoms with Crippen molar-refractivity contribution in [3.8, 4) is 33.4 Å². The molecule has 0 atom stereocenters. The maximum Gasteiger partial charge on any atom is 0.159 e. The minimum atomic E-state index is -0.525. The first-order chi connectivity index (χ1) is 30.3. The van der Waals surface area contributed by atoms with Crippen LogP contribution in [0.5, 0.6) is 0 Å². The third-order valence-electron chi connectivity index (χ3n) is 12.7. The molecule has 286 valence electrons. The third kappa shape index (κ3) is 5.43. The lowest BCUT2D eigenvalue weighted by atomic mass is 9.67. The van der Waals surface area contributed by atoms with Crippen LogP contribution < -0.4 is 4.90 Å². The lowest BCUT2D eigenvalue weighted by Gasteiger charge is -2.34. The number of fused-ring (bicyclic) bond motifs is 7. The van der Waals surface area contributed by atoms with Crippen molar-refractivity contribution >= 4 is 49.8 Å². The van der Waals surface area contributed by atoms with Crippen LogP contribution in [0.15, 0.2) is 241 Å². The Morgan fingerprint density at radius 2 is 0.918 bits per heavy atom. The molecule has 61 heavy (non-hydrogen) atoms. The van der Waals surface area contributed by atoms with Gasteiger partial charge in [0.25, 0.3) is 0 Å². The Bertz CT molecular complexity index is 3350. The maximum atomic E-state index is 7.30. The molecular formula is C59H39NO. The van der Waals surface area contributed by atoms with E-state index in [9.17, 15) is 0 Å². The smallest absolute Gasteiger partial charge is 0.159 e. The standard InChI is InChI=1S/C59H39NO/c1-5-18-40(19-6-1)41-32-34-42(35-33-41)56-48-27-14-13-20-43(48)38-52-51-29-17-31-55(57(51)61-58(52)56)60(46-25-11-4-12-26-46)47-36-37-50-49-28-15-16-30-53(49)59(54(50)39-47,44-21-7-2-8-22-44)45-23-9-3-10-24-45/h1-39H.